The van der Waals surface area contributed by atoms with Crippen LogP contribution in [0, 0.1) is 0 Å². The quantitative estimate of drug-likeness (QED) is 0.254. The summed E-state index contributed by atoms with van der Waals surface area (Å²) in [5.74, 6) is 0. The SMILES string of the molecule is FP(F)F.FP(F)F.FP(F)F.[H-].[H-].[H-].[Ru+3]. The molecule has 13 heavy (non-hydrogen) atoms. The summed E-state index contributed by atoms with van der Waals surface area (Å²) in [6.07, 6.45) is 0. The van der Waals surface area contributed by atoms with Crippen molar-refractivity contribution in [2.75, 3.05) is 0 Å². The Balaban J connectivity index is -0.0000000135. The van der Waals surface area contributed by atoms with Crippen molar-refractivity contribution in [3.8, 4) is 0 Å². The van der Waals surface area contributed by atoms with Gasteiger partial charge in [-0.2, -0.15) is 37.8 Å². The smallest absolute Gasteiger partial charge is 1.00 e. The molecule has 0 fully saturated rings. The molecule has 0 atom stereocenters. The van der Waals surface area contributed by atoms with Gasteiger partial charge in [-0.25, -0.2) is 0 Å². The summed E-state index contributed by atoms with van der Waals surface area (Å²) in [6.45, 7) is 0. The minimum Gasteiger partial charge on any atom is -1.00 e. The van der Waals surface area contributed by atoms with E-state index in [2.05, 4.69) is 0 Å². The van der Waals surface area contributed by atoms with E-state index in [1.165, 1.54) is 0 Å². The third-order valence-corrected chi connectivity index (χ3v) is 0. The fraction of sp³-hybridized carbons (Fsp3) is 0. The van der Waals surface area contributed by atoms with Gasteiger partial charge in [-0.1, -0.05) is 0 Å². The van der Waals surface area contributed by atoms with Gasteiger partial charge >= 0.3 is 46.0 Å². The Morgan fingerprint density at radius 2 is 0.462 bits per heavy atom. The predicted molar refractivity (Wildman–Crippen MR) is 34.1 cm³/mol. The van der Waals surface area contributed by atoms with E-state index in [1.807, 2.05) is 0 Å². The van der Waals surface area contributed by atoms with Crippen molar-refractivity contribution < 1.29 is 61.5 Å². The minimum atomic E-state index is -4.12. The first kappa shape index (κ1) is 23.8. The Morgan fingerprint density at radius 3 is 0.462 bits per heavy atom. The van der Waals surface area contributed by atoms with E-state index in [1.54, 1.807) is 0 Å². The van der Waals surface area contributed by atoms with Crippen molar-refractivity contribution in [2.24, 2.45) is 0 Å². The summed E-state index contributed by atoms with van der Waals surface area (Å²) < 4.78 is 87.6. The molecule has 89 valence electrons. The second-order valence-corrected chi connectivity index (χ2v) is 1.72. The van der Waals surface area contributed by atoms with E-state index in [-0.39, 0.29) is 23.8 Å². The molecule has 0 rings (SSSR count). The normalized spacial score (nSPS) is 8.31. The molecule has 1 radical (unpaired) electrons. The Morgan fingerprint density at radius 1 is 0.462 bits per heavy atom. The van der Waals surface area contributed by atoms with Crippen molar-refractivity contribution >= 4 is 26.6 Å². The van der Waals surface area contributed by atoms with E-state index >= 15 is 0 Å². The molecular weight excluding hydrogens is 365 g/mol. The minimum absolute atomic E-state index is 0. The molecule has 0 saturated carbocycles. The molecule has 0 bridgehead atoms. The van der Waals surface area contributed by atoms with E-state index in [0.717, 1.165) is 0 Å². The molecule has 0 aliphatic carbocycles. The summed E-state index contributed by atoms with van der Waals surface area (Å²) >= 11 is 0. The molecule has 0 aromatic rings. The molecule has 0 amide bonds. The zero-order valence-corrected chi connectivity index (χ0v) is 9.52. The summed E-state index contributed by atoms with van der Waals surface area (Å²) in [5.41, 5.74) is 0. The van der Waals surface area contributed by atoms with Crippen molar-refractivity contribution in [1.29, 1.82) is 0 Å². The van der Waals surface area contributed by atoms with Crippen LogP contribution in [0.4, 0.5) is 37.8 Å². The maximum atomic E-state index is 9.73. The Bertz CT molecular complexity index is 54.5. The fourth-order valence-electron chi connectivity index (χ4n) is 0. The van der Waals surface area contributed by atoms with E-state index < -0.39 is 26.6 Å². The monoisotopic (exact) mass is 369 g/mol. The molecule has 0 aliphatic heterocycles. The maximum Gasteiger partial charge on any atom is 3.00 e. The van der Waals surface area contributed by atoms with Crippen LogP contribution in [0.15, 0.2) is 0 Å². The van der Waals surface area contributed by atoms with Gasteiger partial charge in [-0.15, -0.1) is 0 Å². The fourth-order valence-corrected chi connectivity index (χ4v) is 0. The number of rotatable bonds is 0. The first-order chi connectivity index (χ1) is 5.20. The van der Waals surface area contributed by atoms with Crippen LogP contribution in [0.25, 0.3) is 0 Å². The summed E-state index contributed by atoms with van der Waals surface area (Å²) in [6, 6.07) is 0. The molecule has 13 heteroatoms. The number of hydrogen-bond donors (Lipinski definition) is 0. The van der Waals surface area contributed by atoms with Gasteiger partial charge in [0.1, 0.15) is 0 Å². The predicted octanol–water partition coefficient (Wildman–Crippen LogP) is 6.70. The molecule has 0 spiro atoms. The molecule has 0 aliphatic rings. The van der Waals surface area contributed by atoms with Crippen LogP contribution in [-0.2, 0) is 19.5 Å². The van der Waals surface area contributed by atoms with Crippen molar-refractivity contribution in [1.82, 2.24) is 0 Å². The van der Waals surface area contributed by atoms with Crippen LogP contribution in [-0.4, -0.2) is 0 Å². The maximum absolute atomic E-state index is 9.73. The van der Waals surface area contributed by atoms with Gasteiger partial charge in [0.25, 0.3) is 0 Å². The molecule has 0 saturated heterocycles. The standard InChI is InChI=1S/3F3P.Ru.3H/c3*1-4(2)3;;;;/q;;;+3;3*-1. The summed E-state index contributed by atoms with van der Waals surface area (Å²) in [5, 5.41) is 0. The first-order valence-electron chi connectivity index (χ1n) is 1.52. The van der Waals surface area contributed by atoms with E-state index in [9.17, 15) is 37.8 Å². The second kappa shape index (κ2) is 19.0. The van der Waals surface area contributed by atoms with Crippen LogP contribution in [0.2, 0.25) is 0 Å². The number of hydrogen-bond acceptors (Lipinski definition) is 0. The summed E-state index contributed by atoms with van der Waals surface area (Å²) in [4.78, 5) is 0. The van der Waals surface area contributed by atoms with Gasteiger partial charge in [0.15, 0.2) is 0 Å². The van der Waals surface area contributed by atoms with Gasteiger partial charge in [0, 0.05) is 0 Å². The van der Waals surface area contributed by atoms with Gasteiger partial charge in [-0.3, -0.25) is 0 Å². The number of halogens is 9. The Hall–Kier alpha value is 1.28. The first-order valence-corrected chi connectivity index (χ1v) is 4.56. The Kier molecular flexibility index (Phi) is 34.7. The average Bonchev–Trinajstić information content (AvgIpc) is 1.54. The second-order valence-electron chi connectivity index (χ2n) is 0.575. The third-order valence-electron chi connectivity index (χ3n) is 0. The van der Waals surface area contributed by atoms with Crippen molar-refractivity contribution in [2.45, 2.75) is 0 Å². The topological polar surface area (TPSA) is 0 Å². The van der Waals surface area contributed by atoms with Crippen LogP contribution >= 0.6 is 26.6 Å². The van der Waals surface area contributed by atoms with Crippen LogP contribution in [0.5, 0.6) is 0 Å². The van der Waals surface area contributed by atoms with Crippen molar-refractivity contribution in [3.63, 3.8) is 0 Å². The van der Waals surface area contributed by atoms with Gasteiger partial charge in [0.2, 0.25) is 0 Å². The van der Waals surface area contributed by atoms with Gasteiger partial charge < -0.3 is 4.28 Å². The van der Waals surface area contributed by atoms with Crippen LogP contribution in [0.3, 0.4) is 0 Å². The molecule has 0 aromatic heterocycles. The molecule has 0 N–H and O–H groups in total. The average molecular weight is 368 g/mol. The Labute approximate surface area is 88.8 Å². The molecule has 0 nitrogen and oxygen atoms in total. The third kappa shape index (κ3) is 1030. The van der Waals surface area contributed by atoms with Crippen molar-refractivity contribution in [3.05, 3.63) is 0 Å². The molecular formula is H3F9P3Ru. The van der Waals surface area contributed by atoms with Gasteiger partial charge in [0.05, 0.1) is 0 Å². The van der Waals surface area contributed by atoms with Crippen LogP contribution < -0.4 is 0 Å². The van der Waals surface area contributed by atoms with Gasteiger partial charge in [-0.05, 0) is 0 Å². The largest absolute Gasteiger partial charge is 3.00 e. The van der Waals surface area contributed by atoms with Crippen LogP contribution in [0.1, 0.15) is 4.28 Å². The summed E-state index contributed by atoms with van der Waals surface area (Å²) in [7, 11) is -12.4. The van der Waals surface area contributed by atoms with E-state index in [4.69, 9.17) is 0 Å². The molecule has 0 unspecified atom stereocenters. The molecule has 0 aromatic carbocycles. The zero-order chi connectivity index (χ0) is 10.7. The van der Waals surface area contributed by atoms with E-state index in [0.29, 0.717) is 0 Å². The molecule has 0 heterocycles. The zero-order valence-electron chi connectivity index (χ0n) is 8.10.